The summed E-state index contributed by atoms with van der Waals surface area (Å²) in [5.74, 6) is -0.577. The maximum absolute atomic E-state index is 14.1. The lowest BCUT2D eigenvalue weighted by molar-refractivity contribution is 0.178. The molecule has 1 aromatic rings. The molecule has 1 saturated heterocycles. The first kappa shape index (κ1) is 14.4. The number of hydrogen-bond donors (Lipinski definition) is 1. The number of nitrogens with zero attached hydrogens (tertiary/aromatic N) is 1. The molecule has 4 heteroatoms. The van der Waals surface area contributed by atoms with Crippen molar-refractivity contribution >= 4 is 0 Å². The number of benzene rings is 1. The van der Waals surface area contributed by atoms with Crippen LogP contribution in [0.5, 0.6) is 0 Å². The van der Waals surface area contributed by atoms with E-state index in [0.29, 0.717) is 17.5 Å². The largest absolute Gasteiger partial charge is 0.319 e. The van der Waals surface area contributed by atoms with E-state index in [1.54, 1.807) is 6.07 Å². The third-order valence-corrected chi connectivity index (χ3v) is 3.97. The van der Waals surface area contributed by atoms with Gasteiger partial charge in [-0.15, -0.1) is 0 Å². The second-order valence-corrected chi connectivity index (χ2v) is 5.55. The number of likely N-dealkylation sites (tertiary alicyclic amines) is 1. The van der Waals surface area contributed by atoms with Crippen molar-refractivity contribution < 1.29 is 8.78 Å². The van der Waals surface area contributed by atoms with Crippen LogP contribution in [0.1, 0.15) is 31.9 Å². The maximum Gasteiger partial charge on any atom is 0.130 e. The molecule has 0 bridgehead atoms. The van der Waals surface area contributed by atoms with Crippen molar-refractivity contribution in [2.45, 2.75) is 32.4 Å². The van der Waals surface area contributed by atoms with E-state index in [1.807, 2.05) is 7.05 Å². The first-order valence-electron chi connectivity index (χ1n) is 6.90. The van der Waals surface area contributed by atoms with Gasteiger partial charge in [0, 0.05) is 23.7 Å². The van der Waals surface area contributed by atoms with Gasteiger partial charge in [0.05, 0.1) is 0 Å². The molecule has 2 unspecified atom stereocenters. The Labute approximate surface area is 113 Å². The van der Waals surface area contributed by atoms with Crippen LogP contribution in [0.25, 0.3) is 0 Å². The van der Waals surface area contributed by atoms with Gasteiger partial charge in [-0.2, -0.15) is 0 Å². The standard InChI is InChI=1S/C15H22F2N2/c1-10(2)19-7-6-11(9-18-3)15(19)13-5-4-12(16)8-14(13)17/h4-5,8,10-11,15,18H,6-7,9H2,1-3H3. The summed E-state index contributed by atoms with van der Waals surface area (Å²) in [6.07, 6.45) is 1.04. The third kappa shape index (κ3) is 2.95. The number of rotatable bonds is 4. The lowest BCUT2D eigenvalue weighted by Crippen LogP contribution is -2.34. The molecule has 0 saturated carbocycles. The summed E-state index contributed by atoms with van der Waals surface area (Å²) in [4.78, 5) is 2.30. The number of nitrogens with one attached hydrogen (secondary N) is 1. The predicted molar refractivity (Wildman–Crippen MR) is 73.0 cm³/mol. The Hall–Kier alpha value is -1.00. The van der Waals surface area contributed by atoms with E-state index in [2.05, 4.69) is 24.1 Å². The monoisotopic (exact) mass is 268 g/mol. The second-order valence-electron chi connectivity index (χ2n) is 5.55. The Kier molecular flexibility index (Phi) is 4.53. The summed E-state index contributed by atoms with van der Waals surface area (Å²) < 4.78 is 27.1. The Morgan fingerprint density at radius 2 is 2.11 bits per heavy atom. The van der Waals surface area contributed by atoms with Crippen molar-refractivity contribution in [3.05, 3.63) is 35.4 Å². The molecular weight excluding hydrogens is 246 g/mol. The molecule has 1 fully saturated rings. The van der Waals surface area contributed by atoms with E-state index < -0.39 is 11.6 Å². The Morgan fingerprint density at radius 1 is 1.37 bits per heavy atom. The van der Waals surface area contributed by atoms with Crippen LogP contribution >= 0.6 is 0 Å². The molecule has 0 aliphatic carbocycles. The van der Waals surface area contributed by atoms with E-state index in [9.17, 15) is 8.78 Å². The highest BCUT2D eigenvalue weighted by Gasteiger charge is 2.37. The summed E-state index contributed by atoms with van der Waals surface area (Å²) in [7, 11) is 1.91. The molecule has 106 valence electrons. The minimum atomic E-state index is -0.513. The molecule has 1 aliphatic rings. The molecule has 0 radical (unpaired) electrons. The van der Waals surface area contributed by atoms with Crippen LogP contribution < -0.4 is 5.32 Å². The molecule has 0 spiro atoms. The predicted octanol–water partition coefficient (Wildman–Crippen LogP) is 2.96. The summed E-state index contributed by atoms with van der Waals surface area (Å²) in [6, 6.07) is 4.33. The van der Waals surface area contributed by atoms with Gasteiger partial charge in [-0.1, -0.05) is 6.07 Å². The van der Waals surface area contributed by atoms with Gasteiger partial charge >= 0.3 is 0 Å². The molecule has 0 amide bonds. The fourth-order valence-electron chi connectivity index (χ4n) is 3.11. The minimum Gasteiger partial charge on any atom is -0.319 e. The SMILES string of the molecule is CNCC1CCN(C(C)C)C1c1ccc(F)cc1F. The normalized spacial score (nSPS) is 24.3. The molecule has 1 heterocycles. The zero-order valence-electron chi connectivity index (χ0n) is 11.8. The van der Waals surface area contributed by atoms with Gasteiger partial charge in [-0.05, 0) is 52.4 Å². The summed E-state index contributed by atoms with van der Waals surface area (Å²) >= 11 is 0. The van der Waals surface area contributed by atoms with Crippen LogP contribution in [0.2, 0.25) is 0 Å². The Morgan fingerprint density at radius 3 is 2.68 bits per heavy atom. The first-order valence-corrected chi connectivity index (χ1v) is 6.90. The molecule has 2 nitrogen and oxygen atoms in total. The number of hydrogen-bond acceptors (Lipinski definition) is 2. The lowest BCUT2D eigenvalue weighted by atomic mass is 9.92. The summed E-state index contributed by atoms with van der Waals surface area (Å²) in [5, 5.41) is 3.18. The van der Waals surface area contributed by atoms with Crippen LogP contribution in [-0.2, 0) is 0 Å². The van der Waals surface area contributed by atoms with Gasteiger partial charge in [0.1, 0.15) is 11.6 Å². The molecule has 2 rings (SSSR count). The summed E-state index contributed by atoms with van der Waals surface area (Å²) in [6.45, 7) is 6.06. The van der Waals surface area contributed by atoms with Crippen LogP contribution in [0.4, 0.5) is 8.78 Å². The zero-order valence-corrected chi connectivity index (χ0v) is 11.8. The highest BCUT2D eigenvalue weighted by Crippen LogP contribution is 2.39. The van der Waals surface area contributed by atoms with Gasteiger partial charge in [-0.25, -0.2) is 8.78 Å². The zero-order chi connectivity index (χ0) is 14.0. The Balaban J connectivity index is 2.34. The highest BCUT2D eigenvalue weighted by atomic mass is 19.1. The van der Waals surface area contributed by atoms with Crippen molar-refractivity contribution in [1.29, 1.82) is 0 Å². The average molecular weight is 268 g/mol. The molecule has 1 N–H and O–H groups in total. The van der Waals surface area contributed by atoms with Gasteiger partial charge in [-0.3, -0.25) is 4.90 Å². The van der Waals surface area contributed by atoms with E-state index in [4.69, 9.17) is 0 Å². The minimum absolute atomic E-state index is 0.0352. The van der Waals surface area contributed by atoms with Gasteiger partial charge < -0.3 is 5.32 Å². The molecule has 2 atom stereocenters. The summed E-state index contributed by atoms with van der Waals surface area (Å²) in [5.41, 5.74) is 0.618. The van der Waals surface area contributed by atoms with Gasteiger partial charge in [0.15, 0.2) is 0 Å². The van der Waals surface area contributed by atoms with Crippen LogP contribution in [0.3, 0.4) is 0 Å². The van der Waals surface area contributed by atoms with E-state index in [-0.39, 0.29) is 6.04 Å². The van der Waals surface area contributed by atoms with E-state index in [1.165, 1.54) is 6.07 Å². The second kappa shape index (κ2) is 5.97. The average Bonchev–Trinajstić information content (AvgIpc) is 2.73. The molecule has 1 aliphatic heterocycles. The maximum atomic E-state index is 14.1. The van der Waals surface area contributed by atoms with E-state index >= 15 is 0 Å². The fourth-order valence-corrected chi connectivity index (χ4v) is 3.11. The van der Waals surface area contributed by atoms with Crippen molar-refractivity contribution in [3.63, 3.8) is 0 Å². The number of halogens is 2. The molecule has 1 aromatic carbocycles. The Bertz CT molecular complexity index is 434. The van der Waals surface area contributed by atoms with Gasteiger partial charge in [0.25, 0.3) is 0 Å². The van der Waals surface area contributed by atoms with Crippen molar-refractivity contribution in [2.75, 3.05) is 20.1 Å². The van der Waals surface area contributed by atoms with Crippen LogP contribution in [0.15, 0.2) is 18.2 Å². The van der Waals surface area contributed by atoms with Crippen molar-refractivity contribution in [2.24, 2.45) is 5.92 Å². The van der Waals surface area contributed by atoms with Crippen molar-refractivity contribution in [1.82, 2.24) is 10.2 Å². The first-order chi connectivity index (χ1) is 9.04. The highest BCUT2D eigenvalue weighted by molar-refractivity contribution is 5.24. The van der Waals surface area contributed by atoms with Crippen molar-refractivity contribution in [3.8, 4) is 0 Å². The third-order valence-electron chi connectivity index (χ3n) is 3.97. The quantitative estimate of drug-likeness (QED) is 0.903. The van der Waals surface area contributed by atoms with Gasteiger partial charge in [0.2, 0.25) is 0 Å². The lowest BCUT2D eigenvalue weighted by Gasteiger charge is -2.32. The van der Waals surface area contributed by atoms with Crippen LogP contribution in [-0.4, -0.2) is 31.1 Å². The smallest absolute Gasteiger partial charge is 0.130 e. The molecular formula is C15H22F2N2. The molecule has 19 heavy (non-hydrogen) atoms. The fraction of sp³-hybridized carbons (Fsp3) is 0.600. The molecule has 0 aromatic heterocycles. The topological polar surface area (TPSA) is 15.3 Å². The van der Waals surface area contributed by atoms with Crippen LogP contribution in [0, 0.1) is 17.6 Å². The van der Waals surface area contributed by atoms with E-state index in [0.717, 1.165) is 25.6 Å².